The van der Waals surface area contributed by atoms with Crippen LogP contribution in [0.15, 0.2) is 42.5 Å². The fourth-order valence-electron chi connectivity index (χ4n) is 2.29. The maximum absolute atomic E-state index is 11.4. The Bertz CT molecular complexity index is 1060. The Labute approximate surface area is 149 Å². The maximum atomic E-state index is 11.4. The van der Waals surface area contributed by atoms with E-state index in [0.717, 1.165) is 18.2 Å². The smallest absolute Gasteiger partial charge is 0.318 e. The van der Waals surface area contributed by atoms with Crippen LogP contribution in [0.4, 0.5) is 11.4 Å². The van der Waals surface area contributed by atoms with Gasteiger partial charge < -0.3 is 10.5 Å². The van der Waals surface area contributed by atoms with Crippen molar-refractivity contribution < 1.29 is 19.4 Å². The van der Waals surface area contributed by atoms with Crippen molar-refractivity contribution in [3.05, 3.63) is 68.4 Å². The molecule has 0 aliphatic heterocycles. The van der Waals surface area contributed by atoms with Crippen LogP contribution in [0.25, 0.3) is 11.3 Å². The number of nitrogens with one attached hydrogen (secondary N) is 1. The highest BCUT2D eigenvalue weighted by Gasteiger charge is 2.22. The zero-order chi connectivity index (χ0) is 19.6. The molecule has 0 bridgehead atoms. The highest BCUT2D eigenvalue weighted by molar-refractivity contribution is 5.96. The number of nitrogens with zero attached hydrogens (tertiary/aromatic N) is 4. The molecule has 0 fully saturated rings. The molecule has 0 spiro atoms. The quantitative estimate of drug-likeness (QED) is 0.489. The number of primary amides is 1. The van der Waals surface area contributed by atoms with E-state index in [1.807, 2.05) is 0 Å². The van der Waals surface area contributed by atoms with Gasteiger partial charge in [-0.3, -0.25) is 25.0 Å². The fraction of sp³-hybridized carbons (Fsp3) is 0. The number of nitro benzene ring substituents is 2. The van der Waals surface area contributed by atoms with Gasteiger partial charge in [-0.2, -0.15) is 15.4 Å². The number of aromatic amines is 1. The zero-order valence-electron chi connectivity index (χ0n) is 13.4. The molecule has 3 rings (SSSR count). The third-order valence-corrected chi connectivity index (χ3v) is 3.47. The Morgan fingerprint density at radius 1 is 1.07 bits per heavy atom. The average molecular weight is 370 g/mol. The Morgan fingerprint density at radius 3 is 2.52 bits per heavy atom. The monoisotopic (exact) mass is 370 g/mol. The average Bonchev–Trinajstić information content (AvgIpc) is 3.12. The third kappa shape index (κ3) is 3.53. The van der Waals surface area contributed by atoms with Gasteiger partial charge in [0.1, 0.15) is 11.4 Å². The van der Waals surface area contributed by atoms with E-state index in [1.54, 1.807) is 12.1 Å². The van der Waals surface area contributed by atoms with Gasteiger partial charge in [0.05, 0.1) is 15.9 Å². The summed E-state index contributed by atoms with van der Waals surface area (Å²) in [6.07, 6.45) is 0. The first-order valence-electron chi connectivity index (χ1n) is 7.28. The SMILES string of the molecule is NC(=O)c1n[nH]nc1-c1cccc(Oc2ccc([N+](=O)[O-])cc2[N+](=O)[O-])c1. The molecule has 2 aromatic carbocycles. The Kier molecular flexibility index (Phi) is 4.45. The van der Waals surface area contributed by atoms with Crippen LogP contribution >= 0.6 is 0 Å². The van der Waals surface area contributed by atoms with Crippen molar-refractivity contribution in [1.82, 2.24) is 15.4 Å². The predicted molar refractivity (Wildman–Crippen MR) is 90.2 cm³/mol. The summed E-state index contributed by atoms with van der Waals surface area (Å²) in [7, 11) is 0. The van der Waals surface area contributed by atoms with E-state index in [2.05, 4.69) is 15.4 Å². The van der Waals surface area contributed by atoms with Crippen LogP contribution in [-0.4, -0.2) is 31.2 Å². The molecule has 12 heteroatoms. The molecule has 3 N–H and O–H groups in total. The van der Waals surface area contributed by atoms with E-state index in [4.69, 9.17) is 10.5 Å². The molecule has 0 radical (unpaired) electrons. The summed E-state index contributed by atoms with van der Waals surface area (Å²) in [5.74, 6) is -0.781. The molecule has 0 saturated carbocycles. The minimum atomic E-state index is -0.783. The van der Waals surface area contributed by atoms with E-state index in [0.29, 0.717) is 5.56 Å². The van der Waals surface area contributed by atoms with E-state index in [1.165, 1.54) is 12.1 Å². The van der Waals surface area contributed by atoms with Gasteiger partial charge >= 0.3 is 5.69 Å². The van der Waals surface area contributed by atoms with Gasteiger partial charge in [0.2, 0.25) is 5.75 Å². The van der Waals surface area contributed by atoms with Crippen molar-refractivity contribution in [1.29, 1.82) is 0 Å². The second-order valence-corrected chi connectivity index (χ2v) is 5.18. The highest BCUT2D eigenvalue weighted by atomic mass is 16.6. The van der Waals surface area contributed by atoms with Crippen molar-refractivity contribution in [2.24, 2.45) is 5.73 Å². The van der Waals surface area contributed by atoms with Crippen LogP contribution in [0.3, 0.4) is 0 Å². The first-order valence-corrected chi connectivity index (χ1v) is 7.28. The third-order valence-electron chi connectivity index (χ3n) is 3.47. The molecule has 1 aromatic heterocycles. The topological polar surface area (TPSA) is 180 Å². The van der Waals surface area contributed by atoms with Gasteiger partial charge in [0.25, 0.3) is 11.6 Å². The highest BCUT2D eigenvalue weighted by Crippen LogP contribution is 2.35. The first-order chi connectivity index (χ1) is 12.9. The van der Waals surface area contributed by atoms with Gasteiger partial charge in [-0.1, -0.05) is 12.1 Å². The van der Waals surface area contributed by atoms with Crippen molar-refractivity contribution >= 4 is 17.3 Å². The molecule has 136 valence electrons. The molecule has 0 atom stereocenters. The van der Waals surface area contributed by atoms with Crippen molar-refractivity contribution in [3.8, 4) is 22.8 Å². The minimum absolute atomic E-state index is 0.0755. The summed E-state index contributed by atoms with van der Waals surface area (Å²) in [4.78, 5) is 31.8. The van der Waals surface area contributed by atoms with Gasteiger partial charge in [0, 0.05) is 11.6 Å². The van der Waals surface area contributed by atoms with Crippen LogP contribution in [0.5, 0.6) is 11.5 Å². The fourth-order valence-corrected chi connectivity index (χ4v) is 2.29. The Hall–Kier alpha value is -4.35. The van der Waals surface area contributed by atoms with Gasteiger partial charge in [-0.25, -0.2) is 0 Å². The molecule has 0 aliphatic rings. The number of carbonyl (C=O) groups is 1. The van der Waals surface area contributed by atoms with Crippen LogP contribution in [-0.2, 0) is 0 Å². The molecule has 12 nitrogen and oxygen atoms in total. The minimum Gasteiger partial charge on any atom is -0.450 e. The number of H-pyrrole nitrogens is 1. The number of aromatic nitrogens is 3. The number of ether oxygens (including phenoxy) is 1. The normalized spacial score (nSPS) is 10.4. The van der Waals surface area contributed by atoms with Gasteiger partial charge in [-0.15, -0.1) is 0 Å². The lowest BCUT2D eigenvalue weighted by molar-refractivity contribution is -0.394. The molecular weight excluding hydrogens is 360 g/mol. The summed E-state index contributed by atoms with van der Waals surface area (Å²) in [5, 5.41) is 31.8. The summed E-state index contributed by atoms with van der Waals surface area (Å²) in [6, 6.07) is 9.20. The second-order valence-electron chi connectivity index (χ2n) is 5.18. The van der Waals surface area contributed by atoms with Crippen molar-refractivity contribution in [2.45, 2.75) is 0 Å². The zero-order valence-corrected chi connectivity index (χ0v) is 13.4. The number of carbonyl (C=O) groups excluding carboxylic acids is 1. The first kappa shape index (κ1) is 17.5. The standard InChI is InChI=1S/C15H10N6O6/c16-15(22)14-13(17-19-18-14)8-2-1-3-10(6-8)27-12-5-4-9(20(23)24)7-11(12)21(25)26/h1-7H,(H2,16,22)(H,17,18,19). The number of rotatable bonds is 6. The molecular formula is C15H10N6O6. The van der Waals surface area contributed by atoms with Gasteiger partial charge in [-0.05, 0) is 18.2 Å². The number of hydrogen-bond donors (Lipinski definition) is 2. The predicted octanol–water partition coefficient (Wildman–Crippen LogP) is 2.18. The number of benzene rings is 2. The number of nitro groups is 2. The second kappa shape index (κ2) is 6.87. The van der Waals surface area contributed by atoms with E-state index in [9.17, 15) is 25.0 Å². The lowest BCUT2D eigenvalue weighted by Crippen LogP contribution is -2.12. The molecule has 1 amide bonds. The van der Waals surface area contributed by atoms with E-state index < -0.39 is 27.1 Å². The van der Waals surface area contributed by atoms with Crippen LogP contribution in [0, 0.1) is 20.2 Å². The molecule has 3 aromatic rings. The van der Waals surface area contributed by atoms with Crippen molar-refractivity contribution in [2.75, 3.05) is 0 Å². The molecule has 1 heterocycles. The van der Waals surface area contributed by atoms with Crippen molar-refractivity contribution in [3.63, 3.8) is 0 Å². The molecule has 0 saturated heterocycles. The number of non-ortho nitro benzene ring substituents is 1. The van der Waals surface area contributed by atoms with E-state index in [-0.39, 0.29) is 22.9 Å². The number of amides is 1. The summed E-state index contributed by atoms with van der Waals surface area (Å²) >= 11 is 0. The number of nitrogens with two attached hydrogens (primary N) is 1. The van der Waals surface area contributed by atoms with E-state index >= 15 is 0 Å². The maximum Gasteiger partial charge on any atom is 0.318 e. The molecule has 27 heavy (non-hydrogen) atoms. The van der Waals surface area contributed by atoms with Crippen LogP contribution in [0.2, 0.25) is 0 Å². The Balaban J connectivity index is 1.98. The molecule has 0 unspecified atom stereocenters. The summed E-state index contributed by atoms with van der Waals surface area (Å²) < 4.78 is 5.51. The van der Waals surface area contributed by atoms with Gasteiger partial charge in [0.15, 0.2) is 5.69 Å². The molecule has 0 aliphatic carbocycles. The largest absolute Gasteiger partial charge is 0.450 e. The lowest BCUT2D eigenvalue weighted by atomic mass is 10.1. The lowest BCUT2D eigenvalue weighted by Gasteiger charge is -2.07. The summed E-state index contributed by atoms with van der Waals surface area (Å²) in [6.45, 7) is 0. The van der Waals surface area contributed by atoms with Crippen LogP contribution in [0.1, 0.15) is 10.5 Å². The Morgan fingerprint density at radius 2 is 1.85 bits per heavy atom. The van der Waals surface area contributed by atoms with Crippen LogP contribution < -0.4 is 10.5 Å². The number of hydrogen-bond acceptors (Lipinski definition) is 8. The summed E-state index contributed by atoms with van der Waals surface area (Å²) in [5.41, 5.74) is 4.77.